The average molecular weight is 656 g/mol. The Hall–Kier alpha value is -2.22. The van der Waals surface area contributed by atoms with E-state index in [-0.39, 0.29) is 30.9 Å². The number of aryl methyl sites for hydroxylation is 2. The Morgan fingerprint density at radius 1 is 0.917 bits per heavy atom. The first-order valence-electron chi connectivity index (χ1n) is 13.1. The zero-order valence-corrected chi connectivity index (χ0v) is 25.4. The predicted octanol–water partition coefficient (Wildman–Crippen LogP) is 8.65. The summed E-state index contributed by atoms with van der Waals surface area (Å²) < 4.78 is 2.41. The molecule has 4 aromatic rings. The maximum atomic E-state index is 5.31. The van der Waals surface area contributed by atoms with Gasteiger partial charge in [0.15, 0.2) is 0 Å². The zero-order valence-electron chi connectivity index (χ0n) is 23.0. The summed E-state index contributed by atoms with van der Waals surface area (Å²) in [5.74, 6) is 1.60. The molecule has 0 fully saturated rings. The molecule has 0 saturated carbocycles. The molecule has 1 aromatic heterocycles. The van der Waals surface area contributed by atoms with Crippen LogP contribution in [0.5, 0.6) is 0 Å². The van der Waals surface area contributed by atoms with E-state index in [0.717, 1.165) is 23.3 Å². The number of aromatic nitrogens is 2. The van der Waals surface area contributed by atoms with Gasteiger partial charge < -0.3 is 4.57 Å². The average Bonchev–Trinajstić information content (AvgIpc) is 3.14. The van der Waals surface area contributed by atoms with Crippen LogP contribution in [0.3, 0.4) is 0 Å². The van der Waals surface area contributed by atoms with Crippen molar-refractivity contribution in [1.82, 2.24) is 9.55 Å². The molecule has 0 atom stereocenters. The molecule has 0 amide bonds. The third-order valence-electron chi connectivity index (χ3n) is 8.04. The maximum absolute atomic E-state index is 5.31. The molecule has 0 bridgehead atoms. The third kappa shape index (κ3) is 4.61. The van der Waals surface area contributed by atoms with E-state index >= 15 is 0 Å². The van der Waals surface area contributed by atoms with Crippen LogP contribution < -0.4 is 0 Å². The molecule has 1 heterocycles. The molecule has 3 heteroatoms. The standard InChI is InChI=1S/C33H39N2.Ir/c1-21(2)17-24-13-10-14-25(18-24)31-34-28-19-26-27(33(7,8)16-15-32(26,5)6)20-29(28)35(31)30-22(3)11-9-12-23(30)4;/h9-13,18-21H,15-17H2,1-8H3;/q-1;. The summed E-state index contributed by atoms with van der Waals surface area (Å²) in [5.41, 5.74) is 11.7. The van der Waals surface area contributed by atoms with Crippen molar-refractivity contribution in [3.63, 3.8) is 0 Å². The van der Waals surface area contributed by atoms with Crippen LogP contribution in [0, 0.1) is 25.8 Å². The molecule has 0 unspecified atom stereocenters. The Labute approximate surface area is 230 Å². The van der Waals surface area contributed by atoms with Crippen molar-refractivity contribution < 1.29 is 20.1 Å². The van der Waals surface area contributed by atoms with Gasteiger partial charge in [0.05, 0.1) is 16.9 Å². The SMILES string of the molecule is Cc1cccc(C)c1-n1c(-c2[c-]ccc(CC(C)C)c2)nc2cc3c(cc21)C(C)(C)CCC3(C)C.[Ir]. The van der Waals surface area contributed by atoms with Crippen LogP contribution in [0.1, 0.15) is 82.2 Å². The van der Waals surface area contributed by atoms with Crippen molar-refractivity contribution in [3.05, 3.63) is 82.4 Å². The molecule has 1 aliphatic carbocycles. The molecule has 1 radical (unpaired) electrons. The Kier molecular flexibility index (Phi) is 7.14. The van der Waals surface area contributed by atoms with E-state index < -0.39 is 0 Å². The van der Waals surface area contributed by atoms with Crippen LogP contribution in [-0.2, 0) is 37.4 Å². The molecule has 0 N–H and O–H groups in total. The molecular weight excluding hydrogens is 617 g/mol. The van der Waals surface area contributed by atoms with E-state index in [0.29, 0.717) is 5.92 Å². The van der Waals surface area contributed by atoms with Crippen LogP contribution in [-0.4, -0.2) is 9.55 Å². The largest absolute Gasteiger partial charge is 0.333 e. The predicted molar refractivity (Wildman–Crippen MR) is 149 cm³/mol. The van der Waals surface area contributed by atoms with Crippen molar-refractivity contribution in [3.8, 4) is 17.1 Å². The number of fused-ring (bicyclic) bond motifs is 2. The fraction of sp³-hybridized carbons (Fsp3) is 0.424. The normalized spacial score (nSPS) is 16.1. The third-order valence-corrected chi connectivity index (χ3v) is 8.04. The van der Waals surface area contributed by atoms with Gasteiger partial charge in [-0.05, 0) is 84.2 Å². The first-order valence-corrected chi connectivity index (χ1v) is 13.1. The second-order valence-electron chi connectivity index (χ2n) is 12.4. The summed E-state index contributed by atoms with van der Waals surface area (Å²) in [6.45, 7) is 18.5. The summed E-state index contributed by atoms with van der Waals surface area (Å²) in [5, 5.41) is 0. The summed E-state index contributed by atoms with van der Waals surface area (Å²) in [7, 11) is 0. The molecule has 0 spiro atoms. The summed E-state index contributed by atoms with van der Waals surface area (Å²) in [6.07, 6.45) is 3.46. The van der Waals surface area contributed by atoms with Crippen molar-refractivity contribution in [2.45, 2.75) is 85.5 Å². The second kappa shape index (κ2) is 9.58. The minimum atomic E-state index is 0. The number of rotatable bonds is 4. The van der Waals surface area contributed by atoms with Gasteiger partial charge in [-0.1, -0.05) is 59.7 Å². The van der Waals surface area contributed by atoms with Crippen molar-refractivity contribution >= 4 is 11.0 Å². The minimum Gasteiger partial charge on any atom is -0.333 e. The van der Waals surface area contributed by atoms with Gasteiger partial charge in [-0.25, -0.2) is 0 Å². The van der Waals surface area contributed by atoms with E-state index in [9.17, 15) is 0 Å². The molecule has 3 aromatic carbocycles. The van der Waals surface area contributed by atoms with Gasteiger partial charge in [0.2, 0.25) is 0 Å². The number of benzene rings is 3. The van der Waals surface area contributed by atoms with Crippen LogP contribution in [0.15, 0.2) is 48.5 Å². The fourth-order valence-electron chi connectivity index (χ4n) is 5.94. The Balaban J connectivity index is 0.00000304. The van der Waals surface area contributed by atoms with E-state index in [1.165, 1.54) is 51.9 Å². The molecule has 5 rings (SSSR count). The fourth-order valence-corrected chi connectivity index (χ4v) is 5.94. The van der Waals surface area contributed by atoms with E-state index in [1.807, 2.05) is 0 Å². The molecular formula is C33H39IrN2-. The van der Waals surface area contributed by atoms with E-state index in [4.69, 9.17) is 4.98 Å². The van der Waals surface area contributed by atoms with Crippen LogP contribution in [0.2, 0.25) is 0 Å². The smallest absolute Gasteiger partial charge is 0.0777 e. The molecule has 0 saturated heterocycles. The molecule has 36 heavy (non-hydrogen) atoms. The quantitative estimate of drug-likeness (QED) is 0.201. The van der Waals surface area contributed by atoms with Crippen molar-refractivity contribution in [1.29, 1.82) is 0 Å². The number of nitrogens with zero attached hydrogens (tertiary/aromatic N) is 2. The van der Waals surface area contributed by atoms with Gasteiger partial charge in [-0.3, -0.25) is 4.98 Å². The van der Waals surface area contributed by atoms with Gasteiger partial charge in [0.1, 0.15) is 0 Å². The van der Waals surface area contributed by atoms with E-state index in [1.54, 1.807) is 0 Å². The van der Waals surface area contributed by atoms with Gasteiger partial charge in [-0.2, -0.15) is 0 Å². The summed E-state index contributed by atoms with van der Waals surface area (Å²) >= 11 is 0. The summed E-state index contributed by atoms with van der Waals surface area (Å²) in [6, 6.07) is 21.5. The summed E-state index contributed by atoms with van der Waals surface area (Å²) in [4.78, 5) is 5.31. The first-order chi connectivity index (χ1) is 16.5. The topological polar surface area (TPSA) is 17.8 Å². The first kappa shape index (κ1) is 26.8. The van der Waals surface area contributed by atoms with Gasteiger partial charge in [-0.15, -0.1) is 35.4 Å². The van der Waals surface area contributed by atoms with Crippen molar-refractivity contribution in [2.24, 2.45) is 5.92 Å². The molecule has 2 nitrogen and oxygen atoms in total. The molecule has 1 aliphatic rings. The number of hydrogen-bond acceptors (Lipinski definition) is 1. The number of para-hydroxylation sites is 1. The van der Waals surface area contributed by atoms with Gasteiger partial charge in [0, 0.05) is 25.8 Å². The van der Waals surface area contributed by atoms with Crippen LogP contribution >= 0.6 is 0 Å². The Morgan fingerprint density at radius 2 is 1.53 bits per heavy atom. The monoisotopic (exact) mass is 656 g/mol. The van der Waals surface area contributed by atoms with Crippen LogP contribution in [0.4, 0.5) is 0 Å². The van der Waals surface area contributed by atoms with E-state index in [2.05, 4.69) is 115 Å². The molecule has 0 aliphatic heterocycles. The molecule has 191 valence electrons. The van der Waals surface area contributed by atoms with Gasteiger partial charge in [0.25, 0.3) is 0 Å². The second-order valence-corrected chi connectivity index (χ2v) is 12.4. The Bertz CT molecular complexity index is 1400. The van der Waals surface area contributed by atoms with Crippen LogP contribution in [0.25, 0.3) is 28.1 Å². The Morgan fingerprint density at radius 3 is 2.14 bits per heavy atom. The number of imidazole rings is 1. The zero-order chi connectivity index (χ0) is 25.1. The maximum Gasteiger partial charge on any atom is 0.0777 e. The van der Waals surface area contributed by atoms with Gasteiger partial charge >= 0.3 is 0 Å². The van der Waals surface area contributed by atoms with Crippen molar-refractivity contribution in [2.75, 3.05) is 0 Å². The number of hydrogen-bond donors (Lipinski definition) is 0. The minimum absolute atomic E-state index is 0.